The van der Waals surface area contributed by atoms with Crippen LogP contribution in [0.3, 0.4) is 0 Å². The van der Waals surface area contributed by atoms with Crippen LogP contribution >= 0.6 is 0 Å². The largest absolute Gasteiger partial charge is 0.358 e. The molecule has 0 spiro atoms. The molecule has 1 aromatic heterocycles. The first-order valence-electron chi connectivity index (χ1n) is 3.62. The average Bonchev–Trinajstić information content (AvgIpc) is 2.43. The maximum absolute atomic E-state index is 10.4. The number of imidazole rings is 1. The first-order chi connectivity index (χ1) is 6.16. The van der Waals surface area contributed by atoms with Gasteiger partial charge in [-0.1, -0.05) is 5.18 Å². The van der Waals surface area contributed by atoms with Gasteiger partial charge in [0.1, 0.15) is 19.3 Å². The smallest absolute Gasteiger partial charge is 0.342 e. The van der Waals surface area contributed by atoms with E-state index in [4.69, 9.17) is 0 Å². The van der Waals surface area contributed by atoms with E-state index in [1.54, 1.807) is 6.92 Å². The molecule has 0 aliphatic heterocycles. The lowest BCUT2D eigenvalue weighted by atomic mass is 10.5. The Morgan fingerprint density at radius 2 is 2.46 bits per heavy atom. The fourth-order valence-electron chi connectivity index (χ4n) is 1.02. The van der Waals surface area contributed by atoms with Crippen LogP contribution in [-0.4, -0.2) is 21.0 Å². The van der Waals surface area contributed by atoms with Gasteiger partial charge in [-0.2, -0.15) is 4.91 Å². The highest BCUT2D eigenvalue weighted by Crippen LogP contribution is 2.12. The molecule has 0 amide bonds. The molecule has 0 saturated heterocycles. The summed E-state index contributed by atoms with van der Waals surface area (Å²) in [6.07, 6.45) is 1.17. The minimum absolute atomic E-state index is 0.0119. The predicted octanol–water partition coefficient (Wildman–Crippen LogP) is 0.866. The lowest BCUT2D eigenvalue weighted by molar-refractivity contribution is -0.392. The van der Waals surface area contributed by atoms with Crippen LogP contribution in [0.5, 0.6) is 0 Å². The summed E-state index contributed by atoms with van der Waals surface area (Å²) in [7, 11) is 0. The zero-order valence-electron chi connectivity index (χ0n) is 7.01. The van der Waals surface area contributed by atoms with Gasteiger partial charge in [0.15, 0.2) is 5.82 Å². The topological polar surface area (TPSA) is 90.4 Å². The maximum atomic E-state index is 10.4. The van der Waals surface area contributed by atoms with Gasteiger partial charge in [-0.3, -0.25) is 0 Å². The summed E-state index contributed by atoms with van der Waals surface area (Å²) < 4.78 is 1.35. The third-order valence-corrected chi connectivity index (χ3v) is 1.64. The Morgan fingerprint density at radius 3 is 3.00 bits per heavy atom. The molecule has 0 saturated carbocycles. The summed E-state index contributed by atoms with van der Waals surface area (Å²) in [5, 5.41) is 13.1. The second-order valence-corrected chi connectivity index (χ2v) is 2.43. The van der Waals surface area contributed by atoms with Crippen molar-refractivity contribution in [2.24, 2.45) is 5.18 Å². The molecular weight excluding hydrogens is 176 g/mol. The van der Waals surface area contributed by atoms with Crippen molar-refractivity contribution in [2.45, 2.75) is 13.5 Å². The van der Waals surface area contributed by atoms with Gasteiger partial charge in [-0.25, -0.2) is 9.55 Å². The molecule has 0 aromatic carbocycles. The van der Waals surface area contributed by atoms with E-state index in [-0.39, 0.29) is 18.9 Å². The first-order valence-corrected chi connectivity index (χ1v) is 3.62. The van der Waals surface area contributed by atoms with Crippen LogP contribution in [-0.2, 0) is 6.54 Å². The van der Waals surface area contributed by atoms with Crippen LogP contribution < -0.4 is 0 Å². The van der Waals surface area contributed by atoms with Crippen molar-refractivity contribution in [1.29, 1.82) is 0 Å². The summed E-state index contributed by atoms with van der Waals surface area (Å²) in [5.41, 5.74) is 0. The summed E-state index contributed by atoms with van der Waals surface area (Å²) in [6.45, 7) is 1.85. The molecule has 0 unspecified atom stereocenters. The third-order valence-electron chi connectivity index (χ3n) is 1.64. The fourth-order valence-corrected chi connectivity index (χ4v) is 1.02. The third kappa shape index (κ3) is 1.86. The van der Waals surface area contributed by atoms with Crippen molar-refractivity contribution in [3.8, 4) is 0 Å². The predicted molar refractivity (Wildman–Crippen MR) is 44.3 cm³/mol. The molecular formula is C6H8N4O3. The minimum Gasteiger partial charge on any atom is -0.358 e. The number of nitroso groups, excluding NO2 is 1. The van der Waals surface area contributed by atoms with E-state index < -0.39 is 4.92 Å². The van der Waals surface area contributed by atoms with E-state index in [1.807, 2.05) is 0 Å². The van der Waals surface area contributed by atoms with E-state index in [9.17, 15) is 15.0 Å². The number of hydrogen-bond donors (Lipinski definition) is 0. The molecule has 70 valence electrons. The standard InChI is InChI=1S/C6H8N4O3/c1-5-7-4-6(10(12)13)9(5)3-2-8-11/h4H,2-3H2,1H3. The molecule has 13 heavy (non-hydrogen) atoms. The van der Waals surface area contributed by atoms with Gasteiger partial charge in [0.05, 0.1) is 0 Å². The molecule has 1 heterocycles. The van der Waals surface area contributed by atoms with Crippen molar-refractivity contribution < 1.29 is 4.92 Å². The van der Waals surface area contributed by atoms with Gasteiger partial charge < -0.3 is 10.1 Å². The first kappa shape index (κ1) is 9.30. The van der Waals surface area contributed by atoms with Gasteiger partial charge in [0, 0.05) is 6.92 Å². The number of aryl methyl sites for hydroxylation is 1. The summed E-state index contributed by atoms with van der Waals surface area (Å²) >= 11 is 0. The average molecular weight is 184 g/mol. The zero-order chi connectivity index (χ0) is 9.84. The van der Waals surface area contributed by atoms with Gasteiger partial charge in [-0.15, -0.1) is 0 Å². The molecule has 7 heteroatoms. The Balaban J connectivity index is 2.94. The van der Waals surface area contributed by atoms with Crippen molar-refractivity contribution in [1.82, 2.24) is 9.55 Å². The van der Waals surface area contributed by atoms with E-state index in [0.29, 0.717) is 5.82 Å². The van der Waals surface area contributed by atoms with Crippen molar-refractivity contribution in [3.05, 3.63) is 27.0 Å². The van der Waals surface area contributed by atoms with Crippen molar-refractivity contribution in [3.63, 3.8) is 0 Å². The van der Waals surface area contributed by atoms with Crippen LogP contribution in [0.4, 0.5) is 5.82 Å². The van der Waals surface area contributed by atoms with Crippen LogP contribution in [0.2, 0.25) is 0 Å². The maximum Gasteiger partial charge on any atom is 0.342 e. The number of aromatic nitrogens is 2. The molecule has 0 aliphatic rings. The molecule has 1 aromatic rings. The Bertz CT molecular complexity index is 333. The molecule has 0 radical (unpaired) electrons. The quantitative estimate of drug-likeness (QED) is 0.394. The molecule has 0 fully saturated rings. The number of rotatable bonds is 4. The summed E-state index contributed by atoms with van der Waals surface area (Å²) in [5.74, 6) is 0.400. The second-order valence-electron chi connectivity index (χ2n) is 2.43. The van der Waals surface area contributed by atoms with Crippen LogP contribution in [0.25, 0.3) is 0 Å². The monoisotopic (exact) mass is 184 g/mol. The van der Waals surface area contributed by atoms with E-state index in [2.05, 4.69) is 10.2 Å². The Morgan fingerprint density at radius 1 is 1.77 bits per heavy atom. The van der Waals surface area contributed by atoms with Gasteiger partial charge in [0.2, 0.25) is 0 Å². The van der Waals surface area contributed by atoms with Crippen LogP contribution in [0.1, 0.15) is 5.82 Å². The van der Waals surface area contributed by atoms with Crippen LogP contribution in [0, 0.1) is 21.9 Å². The molecule has 0 bridgehead atoms. The van der Waals surface area contributed by atoms with Crippen LogP contribution in [0.15, 0.2) is 11.4 Å². The lowest BCUT2D eigenvalue weighted by Crippen LogP contribution is -2.06. The Kier molecular flexibility index (Phi) is 2.68. The number of hydrogen-bond acceptors (Lipinski definition) is 5. The van der Waals surface area contributed by atoms with Gasteiger partial charge >= 0.3 is 5.82 Å². The highest BCUT2D eigenvalue weighted by molar-refractivity contribution is 5.18. The van der Waals surface area contributed by atoms with E-state index in [1.165, 1.54) is 10.8 Å². The lowest BCUT2D eigenvalue weighted by Gasteiger charge is -1.98. The van der Waals surface area contributed by atoms with E-state index in [0.717, 1.165) is 0 Å². The highest BCUT2D eigenvalue weighted by Gasteiger charge is 2.16. The minimum atomic E-state index is -0.537. The second kappa shape index (κ2) is 3.74. The Labute approximate surface area is 73.5 Å². The molecule has 0 atom stereocenters. The summed E-state index contributed by atoms with van der Waals surface area (Å²) in [6, 6.07) is 0. The molecule has 0 aliphatic carbocycles. The molecule has 0 N–H and O–H groups in total. The van der Waals surface area contributed by atoms with Gasteiger partial charge in [0.25, 0.3) is 0 Å². The number of nitro groups is 1. The Hall–Kier alpha value is -1.79. The zero-order valence-corrected chi connectivity index (χ0v) is 7.01. The van der Waals surface area contributed by atoms with E-state index >= 15 is 0 Å². The fraction of sp³-hybridized carbons (Fsp3) is 0.500. The highest BCUT2D eigenvalue weighted by atomic mass is 16.6. The molecule has 1 rings (SSSR count). The van der Waals surface area contributed by atoms with Crippen molar-refractivity contribution >= 4 is 5.82 Å². The SMILES string of the molecule is Cc1ncc([N+](=O)[O-])n1CCN=O. The van der Waals surface area contributed by atoms with Crippen molar-refractivity contribution in [2.75, 3.05) is 6.54 Å². The van der Waals surface area contributed by atoms with Gasteiger partial charge in [-0.05, 0) is 4.92 Å². The summed E-state index contributed by atoms with van der Waals surface area (Å²) in [4.78, 5) is 23.5. The normalized spacial score (nSPS) is 9.92. The molecule has 7 nitrogen and oxygen atoms in total. The number of nitrogens with zero attached hydrogens (tertiary/aromatic N) is 4.